The number of nitrogens with zero attached hydrogens (tertiary/aromatic N) is 1. The fraction of sp³-hybridized carbons (Fsp3) is 0.143. The number of nitrogens with one attached hydrogen (secondary N) is 2. The highest BCUT2D eigenvalue weighted by molar-refractivity contribution is 9.11. The zero-order valence-corrected chi connectivity index (χ0v) is 14.3. The first-order valence-corrected chi connectivity index (χ1v) is 7.76. The van der Waals surface area contributed by atoms with E-state index in [9.17, 15) is 9.18 Å². The lowest BCUT2D eigenvalue weighted by Crippen LogP contribution is -2.16. The van der Waals surface area contributed by atoms with E-state index in [2.05, 4.69) is 47.5 Å². The second kappa shape index (κ2) is 7.00. The molecule has 0 aliphatic carbocycles. The molecule has 1 aromatic carbocycles. The van der Waals surface area contributed by atoms with E-state index in [0.29, 0.717) is 16.7 Å². The van der Waals surface area contributed by atoms with Gasteiger partial charge >= 0.3 is 0 Å². The van der Waals surface area contributed by atoms with Crippen LogP contribution in [0.25, 0.3) is 0 Å². The lowest BCUT2D eigenvalue weighted by molar-refractivity contribution is 0.102. The number of anilines is 2. The van der Waals surface area contributed by atoms with Crippen molar-refractivity contribution in [3.63, 3.8) is 0 Å². The number of rotatable bonds is 4. The summed E-state index contributed by atoms with van der Waals surface area (Å²) in [4.78, 5) is 16.1. The van der Waals surface area contributed by atoms with Gasteiger partial charge in [-0.15, -0.1) is 0 Å². The third-order valence-electron chi connectivity index (χ3n) is 2.65. The predicted octanol–water partition coefficient (Wildman–Crippen LogP) is 4.43. The molecule has 0 aliphatic rings. The van der Waals surface area contributed by atoms with Gasteiger partial charge in [0.1, 0.15) is 0 Å². The molecule has 1 heterocycles. The molecule has 2 aromatic rings. The minimum absolute atomic E-state index is 0.0622. The summed E-state index contributed by atoms with van der Waals surface area (Å²) in [7, 11) is 0. The Bertz CT molecular complexity index is 679. The van der Waals surface area contributed by atoms with E-state index in [1.165, 1.54) is 12.3 Å². The summed E-state index contributed by atoms with van der Waals surface area (Å²) in [5.74, 6) is -1.13. The fourth-order valence-electron chi connectivity index (χ4n) is 1.69. The number of amides is 1. The molecule has 0 fully saturated rings. The average Bonchev–Trinajstić information content (AvgIpc) is 2.45. The Hall–Kier alpha value is -1.47. The number of carbonyl (C=O) groups is 1. The van der Waals surface area contributed by atoms with Crippen molar-refractivity contribution >= 4 is 49.3 Å². The van der Waals surface area contributed by atoms with Crippen molar-refractivity contribution in [2.75, 3.05) is 17.2 Å². The summed E-state index contributed by atoms with van der Waals surface area (Å²) in [5.41, 5.74) is 0.489. The fourth-order valence-corrected chi connectivity index (χ4v) is 2.40. The van der Waals surface area contributed by atoms with Crippen LogP contribution in [0, 0.1) is 5.82 Å². The van der Waals surface area contributed by atoms with Crippen LogP contribution in [0.1, 0.15) is 17.3 Å². The van der Waals surface area contributed by atoms with Gasteiger partial charge in [0.2, 0.25) is 0 Å². The highest BCUT2D eigenvalue weighted by Crippen LogP contribution is 2.27. The van der Waals surface area contributed by atoms with Crippen LogP contribution >= 0.6 is 31.9 Å². The highest BCUT2D eigenvalue weighted by atomic mass is 79.9. The predicted molar refractivity (Wildman–Crippen MR) is 88.2 cm³/mol. The number of hydrogen-bond donors (Lipinski definition) is 2. The van der Waals surface area contributed by atoms with Crippen molar-refractivity contribution in [3.8, 4) is 0 Å². The summed E-state index contributed by atoms with van der Waals surface area (Å²) in [6.45, 7) is 2.35. The molecule has 110 valence electrons. The van der Waals surface area contributed by atoms with E-state index < -0.39 is 11.7 Å². The van der Waals surface area contributed by atoms with Crippen LogP contribution in [-0.2, 0) is 0 Å². The molecule has 4 nitrogen and oxygen atoms in total. The van der Waals surface area contributed by atoms with Gasteiger partial charge in [0.15, 0.2) is 11.6 Å². The molecule has 0 aliphatic heterocycles. The molecule has 7 heteroatoms. The minimum atomic E-state index is -0.664. The van der Waals surface area contributed by atoms with E-state index >= 15 is 0 Å². The summed E-state index contributed by atoms with van der Waals surface area (Å²) in [5, 5.41) is 5.44. The van der Waals surface area contributed by atoms with Crippen LogP contribution in [0.4, 0.5) is 15.9 Å². The largest absolute Gasteiger partial charge is 0.368 e. The molecule has 0 atom stereocenters. The maximum Gasteiger partial charge on any atom is 0.258 e. The quantitative estimate of drug-likeness (QED) is 0.775. The summed E-state index contributed by atoms with van der Waals surface area (Å²) < 4.78 is 15.7. The van der Waals surface area contributed by atoms with Gasteiger partial charge in [0, 0.05) is 21.7 Å². The van der Waals surface area contributed by atoms with Crippen LogP contribution in [-0.4, -0.2) is 17.4 Å². The van der Waals surface area contributed by atoms with Crippen molar-refractivity contribution in [1.82, 2.24) is 4.98 Å². The second-order valence-electron chi connectivity index (χ2n) is 4.13. The molecule has 1 amide bonds. The standard InChI is InChI=1S/C14H12Br2FN3O/c1-2-18-13-12(17)9(5-6-19-13)14(21)20-11-7-8(15)3-4-10(11)16/h3-7H,2H2,1H3,(H,18,19)(H,20,21). The molecular formula is C14H12Br2FN3O. The second-order valence-corrected chi connectivity index (χ2v) is 5.90. The van der Waals surface area contributed by atoms with E-state index in [0.717, 1.165) is 4.47 Å². The summed E-state index contributed by atoms with van der Waals surface area (Å²) >= 11 is 6.66. The molecule has 0 radical (unpaired) electrons. The van der Waals surface area contributed by atoms with E-state index in [1.807, 2.05) is 13.0 Å². The zero-order chi connectivity index (χ0) is 15.4. The van der Waals surface area contributed by atoms with Crippen molar-refractivity contribution in [2.24, 2.45) is 0 Å². The molecule has 0 spiro atoms. The molecule has 0 saturated heterocycles. The third-order valence-corrected chi connectivity index (χ3v) is 3.84. The maximum atomic E-state index is 14.2. The van der Waals surface area contributed by atoms with Crippen LogP contribution < -0.4 is 10.6 Å². The van der Waals surface area contributed by atoms with Gasteiger partial charge in [-0.25, -0.2) is 9.37 Å². The molecule has 21 heavy (non-hydrogen) atoms. The molecule has 2 rings (SSSR count). The van der Waals surface area contributed by atoms with Crippen LogP contribution in [0.3, 0.4) is 0 Å². The summed E-state index contributed by atoms with van der Waals surface area (Å²) in [6, 6.07) is 6.69. The Morgan fingerprint density at radius 2 is 2.10 bits per heavy atom. The maximum absolute atomic E-state index is 14.2. The molecule has 0 unspecified atom stereocenters. The molecular weight excluding hydrogens is 405 g/mol. The van der Waals surface area contributed by atoms with Gasteiger partial charge in [-0.05, 0) is 47.1 Å². The van der Waals surface area contributed by atoms with Gasteiger partial charge in [-0.1, -0.05) is 15.9 Å². The van der Waals surface area contributed by atoms with Crippen LogP contribution in [0.15, 0.2) is 39.4 Å². The number of halogens is 3. The van der Waals surface area contributed by atoms with Gasteiger partial charge in [-0.2, -0.15) is 0 Å². The number of benzene rings is 1. The van der Waals surface area contributed by atoms with E-state index in [-0.39, 0.29) is 11.4 Å². The molecule has 0 bridgehead atoms. The third kappa shape index (κ3) is 3.79. The monoisotopic (exact) mass is 415 g/mol. The Kier molecular flexibility index (Phi) is 5.30. The van der Waals surface area contributed by atoms with Crippen molar-refractivity contribution in [1.29, 1.82) is 0 Å². The Morgan fingerprint density at radius 1 is 1.33 bits per heavy atom. The van der Waals surface area contributed by atoms with E-state index in [1.54, 1.807) is 12.1 Å². The summed E-state index contributed by atoms with van der Waals surface area (Å²) in [6.07, 6.45) is 1.39. The number of aromatic nitrogens is 1. The Labute approximate surface area is 138 Å². The van der Waals surface area contributed by atoms with Gasteiger partial charge in [-0.3, -0.25) is 4.79 Å². The average molecular weight is 417 g/mol. The highest BCUT2D eigenvalue weighted by Gasteiger charge is 2.16. The lowest BCUT2D eigenvalue weighted by atomic mass is 10.2. The van der Waals surface area contributed by atoms with Gasteiger partial charge < -0.3 is 10.6 Å². The Morgan fingerprint density at radius 3 is 2.81 bits per heavy atom. The smallest absolute Gasteiger partial charge is 0.258 e. The van der Waals surface area contributed by atoms with Crippen LogP contribution in [0.2, 0.25) is 0 Å². The topological polar surface area (TPSA) is 54.0 Å². The lowest BCUT2D eigenvalue weighted by Gasteiger charge is -2.10. The Balaban J connectivity index is 2.28. The van der Waals surface area contributed by atoms with Gasteiger partial charge in [0.25, 0.3) is 5.91 Å². The normalized spacial score (nSPS) is 10.3. The number of carbonyl (C=O) groups excluding carboxylic acids is 1. The first kappa shape index (κ1) is 15.9. The van der Waals surface area contributed by atoms with Crippen LogP contribution in [0.5, 0.6) is 0 Å². The molecule has 1 aromatic heterocycles. The molecule has 0 saturated carbocycles. The first-order valence-electron chi connectivity index (χ1n) is 6.17. The van der Waals surface area contributed by atoms with Crippen molar-refractivity contribution in [3.05, 3.63) is 50.8 Å². The van der Waals surface area contributed by atoms with Crippen molar-refractivity contribution < 1.29 is 9.18 Å². The minimum Gasteiger partial charge on any atom is -0.368 e. The SMILES string of the molecule is CCNc1nccc(C(=O)Nc2cc(Br)ccc2Br)c1F. The van der Waals surface area contributed by atoms with Gasteiger partial charge in [0.05, 0.1) is 11.3 Å². The van der Waals surface area contributed by atoms with Crippen molar-refractivity contribution in [2.45, 2.75) is 6.92 Å². The number of pyridine rings is 1. The number of hydrogen-bond acceptors (Lipinski definition) is 3. The van der Waals surface area contributed by atoms with E-state index in [4.69, 9.17) is 0 Å². The molecule has 2 N–H and O–H groups in total. The first-order chi connectivity index (χ1) is 10.0. The zero-order valence-electron chi connectivity index (χ0n) is 11.1.